The zero-order chi connectivity index (χ0) is 21.5. The minimum absolute atomic E-state index is 0.00450. The summed E-state index contributed by atoms with van der Waals surface area (Å²) in [5.74, 6) is -0.707. The first-order chi connectivity index (χ1) is 14.5. The number of carbonyl (C=O) groups excluding carboxylic acids is 3. The van der Waals surface area contributed by atoms with Gasteiger partial charge in [-0.1, -0.05) is 48.5 Å². The van der Waals surface area contributed by atoms with Crippen LogP contribution in [0.3, 0.4) is 0 Å². The Morgan fingerprint density at radius 3 is 2.17 bits per heavy atom. The van der Waals surface area contributed by atoms with Gasteiger partial charge in [-0.15, -0.1) is 0 Å². The van der Waals surface area contributed by atoms with E-state index in [-0.39, 0.29) is 31.1 Å². The van der Waals surface area contributed by atoms with E-state index in [0.29, 0.717) is 19.4 Å². The van der Waals surface area contributed by atoms with E-state index in [9.17, 15) is 14.4 Å². The van der Waals surface area contributed by atoms with Crippen LogP contribution in [0.25, 0.3) is 11.1 Å². The molecule has 0 unspecified atom stereocenters. The first-order valence-corrected chi connectivity index (χ1v) is 10.1. The maximum Gasteiger partial charge on any atom is 0.407 e. The number of amides is 2. The van der Waals surface area contributed by atoms with Crippen LogP contribution in [0.1, 0.15) is 42.7 Å². The lowest BCUT2D eigenvalue weighted by Crippen LogP contribution is -2.33. The number of benzene rings is 2. The van der Waals surface area contributed by atoms with E-state index in [2.05, 4.69) is 29.6 Å². The minimum atomic E-state index is -0.659. The van der Waals surface area contributed by atoms with Crippen molar-refractivity contribution in [2.45, 2.75) is 37.6 Å². The van der Waals surface area contributed by atoms with Gasteiger partial charge in [0.05, 0.1) is 6.04 Å². The summed E-state index contributed by atoms with van der Waals surface area (Å²) in [5.41, 5.74) is 15.5. The van der Waals surface area contributed by atoms with Gasteiger partial charge in [0.1, 0.15) is 12.4 Å². The third-order valence-electron chi connectivity index (χ3n) is 5.34. The number of nitrogens with two attached hydrogens (primary N) is 2. The van der Waals surface area contributed by atoms with Gasteiger partial charge in [-0.25, -0.2) is 4.79 Å². The Morgan fingerprint density at radius 1 is 0.967 bits per heavy atom. The van der Waals surface area contributed by atoms with Gasteiger partial charge in [0, 0.05) is 25.3 Å². The molecular formula is C23H27N3O4. The number of carbonyl (C=O) groups is 3. The fourth-order valence-electron chi connectivity index (χ4n) is 3.75. The first-order valence-electron chi connectivity index (χ1n) is 10.1. The van der Waals surface area contributed by atoms with Gasteiger partial charge < -0.3 is 21.5 Å². The molecule has 0 heterocycles. The Hall–Kier alpha value is -3.19. The smallest absolute Gasteiger partial charge is 0.407 e. The summed E-state index contributed by atoms with van der Waals surface area (Å²) in [6.07, 6.45) is 0.515. The van der Waals surface area contributed by atoms with E-state index >= 15 is 0 Å². The van der Waals surface area contributed by atoms with Crippen molar-refractivity contribution in [3.05, 3.63) is 59.7 Å². The highest BCUT2D eigenvalue weighted by Crippen LogP contribution is 2.44. The summed E-state index contributed by atoms with van der Waals surface area (Å²) < 4.78 is 5.46. The van der Waals surface area contributed by atoms with Crippen LogP contribution in [0.4, 0.5) is 4.79 Å². The molecule has 0 fully saturated rings. The third kappa shape index (κ3) is 5.24. The largest absolute Gasteiger partial charge is 0.449 e. The molecule has 30 heavy (non-hydrogen) atoms. The van der Waals surface area contributed by atoms with Crippen LogP contribution in [0, 0.1) is 0 Å². The van der Waals surface area contributed by atoms with Crippen LogP contribution in [0.15, 0.2) is 48.5 Å². The molecule has 5 N–H and O–H groups in total. The Balaban J connectivity index is 1.42. The topological polar surface area (TPSA) is 125 Å². The second kappa shape index (κ2) is 10.0. The fraction of sp³-hybridized carbons (Fsp3) is 0.348. The fourth-order valence-corrected chi connectivity index (χ4v) is 3.75. The Kier molecular flexibility index (Phi) is 7.19. The van der Waals surface area contributed by atoms with Crippen LogP contribution < -0.4 is 16.8 Å². The summed E-state index contributed by atoms with van der Waals surface area (Å²) in [7, 11) is 0. The first kappa shape index (κ1) is 21.5. The summed E-state index contributed by atoms with van der Waals surface area (Å²) in [6, 6.07) is 15.6. The molecule has 2 aromatic rings. The summed E-state index contributed by atoms with van der Waals surface area (Å²) in [5, 5.41) is 2.70. The molecule has 0 spiro atoms. The Labute approximate surface area is 175 Å². The maximum absolute atomic E-state index is 12.1. The van der Waals surface area contributed by atoms with Crippen LogP contribution in [-0.2, 0) is 14.3 Å². The van der Waals surface area contributed by atoms with Gasteiger partial charge in [-0.05, 0) is 35.1 Å². The minimum Gasteiger partial charge on any atom is -0.449 e. The molecule has 158 valence electrons. The molecule has 1 aliphatic rings. The molecule has 2 amide bonds. The van der Waals surface area contributed by atoms with Crippen molar-refractivity contribution in [1.82, 2.24) is 5.32 Å². The van der Waals surface area contributed by atoms with Gasteiger partial charge in [0.2, 0.25) is 5.91 Å². The Bertz CT molecular complexity index is 883. The maximum atomic E-state index is 12.1. The van der Waals surface area contributed by atoms with Gasteiger partial charge in [0.15, 0.2) is 0 Å². The molecule has 0 saturated heterocycles. The van der Waals surface area contributed by atoms with Gasteiger partial charge in [-0.2, -0.15) is 0 Å². The Morgan fingerprint density at radius 2 is 1.57 bits per heavy atom. The van der Waals surface area contributed by atoms with E-state index in [1.54, 1.807) is 0 Å². The molecule has 7 nitrogen and oxygen atoms in total. The molecule has 0 aliphatic heterocycles. The summed E-state index contributed by atoms with van der Waals surface area (Å²) in [4.78, 5) is 34.6. The zero-order valence-corrected chi connectivity index (χ0v) is 16.8. The van der Waals surface area contributed by atoms with Gasteiger partial charge in [-0.3, -0.25) is 9.59 Å². The number of primary amides is 1. The zero-order valence-electron chi connectivity index (χ0n) is 16.8. The molecule has 2 aromatic carbocycles. The molecule has 1 aliphatic carbocycles. The van der Waals surface area contributed by atoms with Crippen LogP contribution in [0.5, 0.6) is 0 Å². The van der Waals surface area contributed by atoms with Crippen molar-refractivity contribution in [2.75, 3.05) is 13.2 Å². The SMILES string of the molecule is NC(=O)CCC(=O)[C@@H](N)CCCNC(=O)OCC1c2ccccc2-c2ccccc21. The quantitative estimate of drug-likeness (QED) is 0.520. The second-order valence-corrected chi connectivity index (χ2v) is 7.43. The second-order valence-electron chi connectivity index (χ2n) is 7.43. The molecule has 0 bridgehead atoms. The third-order valence-corrected chi connectivity index (χ3v) is 5.34. The number of ketones is 1. The number of nitrogens with one attached hydrogen (secondary N) is 1. The van der Waals surface area contributed by atoms with Gasteiger partial charge in [0.25, 0.3) is 0 Å². The molecule has 1 atom stereocenters. The molecule has 0 aromatic heterocycles. The monoisotopic (exact) mass is 409 g/mol. The van der Waals surface area contributed by atoms with Crippen molar-refractivity contribution in [1.29, 1.82) is 0 Å². The molecular weight excluding hydrogens is 382 g/mol. The van der Waals surface area contributed by atoms with Crippen LogP contribution >= 0.6 is 0 Å². The van der Waals surface area contributed by atoms with Gasteiger partial charge >= 0.3 is 6.09 Å². The van der Waals surface area contributed by atoms with Crippen molar-refractivity contribution < 1.29 is 19.1 Å². The predicted molar refractivity (Wildman–Crippen MR) is 114 cm³/mol. The number of alkyl carbamates (subject to hydrolysis) is 1. The highest BCUT2D eigenvalue weighted by Gasteiger charge is 2.28. The number of hydrogen-bond acceptors (Lipinski definition) is 5. The van der Waals surface area contributed by atoms with Crippen LogP contribution in [-0.4, -0.2) is 37.0 Å². The highest BCUT2D eigenvalue weighted by atomic mass is 16.5. The van der Waals surface area contributed by atoms with E-state index in [0.717, 1.165) is 11.1 Å². The average Bonchev–Trinajstić information content (AvgIpc) is 3.07. The number of rotatable bonds is 10. The van der Waals surface area contributed by atoms with Crippen LogP contribution in [0.2, 0.25) is 0 Å². The summed E-state index contributed by atoms with van der Waals surface area (Å²) in [6.45, 7) is 0.610. The molecule has 0 saturated carbocycles. The normalized spacial score (nSPS) is 13.2. The number of Topliss-reactive ketones (excluding diaryl/α,β-unsaturated/α-hetero) is 1. The predicted octanol–water partition coefficient (Wildman–Crippen LogP) is 2.47. The number of ether oxygens (including phenoxy) is 1. The average molecular weight is 409 g/mol. The van der Waals surface area contributed by atoms with E-state index in [1.165, 1.54) is 11.1 Å². The summed E-state index contributed by atoms with van der Waals surface area (Å²) >= 11 is 0. The molecule has 7 heteroatoms. The molecule has 0 radical (unpaired) electrons. The lowest BCUT2D eigenvalue weighted by Gasteiger charge is -2.15. The lowest BCUT2D eigenvalue weighted by molar-refractivity contribution is -0.124. The standard InChI is InChI=1S/C23H27N3O4/c24-20(21(27)11-12-22(25)28)10-5-13-26-23(29)30-14-19-17-8-3-1-6-15(17)16-7-2-4-9-18(16)19/h1-4,6-9,19-20H,5,10-14,24H2,(H2,25,28)(H,26,29)/t20-/m0/s1. The van der Waals surface area contributed by atoms with E-state index in [4.69, 9.17) is 16.2 Å². The number of fused-ring (bicyclic) bond motifs is 3. The highest BCUT2D eigenvalue weighted by molar-refractivity contribution is 5.87. The van der Waals surface area contributed by atoms with E-state index < -0.39 is 18.0 Å². The van der Waals surface area contributed by atoms with Crippen molar-refractivity contribution >= 4 is 17.8 Å². The molecule has 3 rings (SSSR count). The number of hydrogen-bond donors (Lipinski definition) is 3. The van der Waals surface area contributed by atoms with Crippen molar-refractivity contribution in [2.24, 2.45) is 11.5 Å². The van der Waals surface area contributed by atoms with Crippen molar-refractivity contribution in [3.63, 3.8) is 0 Å². The van der Waals surface area contributed by atoms with E-state index in [1.807, 2.05) is 24.3 Å². The van der Waals surface area contributed by atoms with Crippen molar-refractivity contribution in [3.8, 4) is 11.1 Å². The lowest BCUT2D eigenvalue weighted by atomic mass is 9.98.